The van der Waals surface area contributed by atoms with Gasteiger partial charge in [-0.25, -0.2) is 0 Å². The topological polar surface area (TPSA) is 83.5 Å². The molecule has 0 unspecified atom stereocenters. The molecule has 0 aromatic carbocycles. The van der Waals surface area contributed by atoms with Crippen LogP contribution in [0.5, 0.6) is 0 Å². The summed E-state index contributed by atoms with van der Waals surface area (Å²) in [5.41, 5.74) is 5.22. The molecule has 0 amide bonds. The Labute approximate surface area is 59.7 Å². The Morgan fingerprint density at radius 2 is 2.20 bits per heavy atom. The van der Waals surface area contributed by atoms with Crippen molar-refractivity contribution in [3.05, 3.63) is 0 Å². The van der Waals surface area contributed by atoms with Crippen LogP contribution in [0.4, 0.5) is 0 Å². The van der Waals surface area contributed by atoms with Crippen molar-refractivity contribution in [1.82, 2.24) is 0 Å². The van der Waals surface area contributed by atoms with Gasteiger partial charge in [0.05, 0.1) is 0 Å². The number of aliphatic hydroxyl groups excluding tert-OH is 1. The zero-order valence-electron chi connectivity index (χ0n) is 5.95. The number of hydrogen-bond acceptors (Lipinski definition) is 3. The third-order valence-corrected chi connectivity index (χ3v) is 1.55. The van der Waals surface area contributed by atoms with Crippen LogP contribution < -0.4 is 5.73 Å². The molecule has 0 aliphatic carbocycles. The molecule has 0 rings (SSSR count). The summed E-state index contributed by atoms with van der Waals surface area (Å²) in [6.45, 7) is 1.63. The van der Waals surface area contributed by atoms with Gasteiger partial charge in [0, 0.05) is 12.5 Å². The summed E-state index contributed by atoms with van der Waals surface area (Å²) in [5, 5.41) is 17.0. The first-order valence-corrected chi connectivity index (χ1v) is 3.22. The normalized spacial score (nSPS) is 16.3. The maximum Gasteiger partial charge on any atom is 0.320 e. The van der Waals surface area contributed by atoms with Crippen molar-refractivity contribution < 1.29 is 15.0 Å². The lowest BCUT2D eigenvalue weighted by Gasteiger charge is -2.15. The molecule has 0 aliphatic heterocycles. The van der Waals surface area contributed by atoms with Gasteiger partial charge in [-0.05, 0) is 6.42 Å². The number of rotatable bonds is 4. The lowest BCUT2D eigenvalue weighted by atomic mass is 9.99. The molecular weight excluding hydrogens is 134 g/mol. The third kappa shape index (κ3) is 2.33. The fraction of sp³-hybridized carbons (Fsp3) is 0.833. The summed E-state index contributed by atoms with van der Waals surface area (Å²) in [5.74, 6) is -1.38. The Balaban J connectivity index is 3.88. The highest BCUT2D eigenvalue weighted by Gasteiger charge is 2.21. The molecular formula is C6H13NO3. The van der Waals surface area contributed by atoms with Crippen LogP contribution in [0, 0.1) is 5.92 Å². The first kappa shape index (κ1) is 9.39. The maximum absolute atomic E-state index is 10.2. The molecule has 0 aromatic heterocycles. The zero-order valence-corrected chi connectivity index (χ0v) is 5.95. The van der Waals surface area contributed by atoms with Crippen molar-refractivity contribution in [2.24, 2.45) is 11.7 Å². The molecule has 4 heteroatoms. The Bertz CT molecular complexity index is 112. The van der Waals surface area contributed by atoms with Crippen molar-refractivity contribution in [2.75, 3.05) is 6.61 Å². The Morgan fingerprint density at radius 3 is 2.30 bits per heavy atom. The lowest BCUT2D eigenvalue weighted by Crippen LogP contribution is -2.39. The number of hydrogen-bond donors (Lipinski definition) is 3. The van der Waals surface area contributed by atoms with E-state index in [9.17, 15) is 4.79 Å². The van der Waals surface area contributed by atoms with Gasteiger partial charge in [0.15, 0.2) is 0 Å². The second-order valence-electron chi connectivity index (χ2n) is 2.21. The van der Waals surface area contributed by atoms with Crippen molar-refractivity contribution in [1.29, 1.82) is 0 Å². The smallest absolute Gasteiger partial charge is 0.320 e. The van der Waals surface area contributed by atoms with Crippen molar-refractivity contribution in [3.63, 3.8) is 0 Å². The molecule has 2 atom stereocenters. The van der Waals surface area contributed by atoms with Crippen LogP contribution in [0.25, 0.3) is 0 Å². The van der Waals surface area contributed by atoms with Crippen LogP contribution in [0.15, 0.2) is 0 Å². The van der Waals surface area contributed by atoms with Crippen LogP contribution in [0.3, 0.4) is 0 Å². The molecule has 4 nitrogen and oxygen atoms in total. The van der Waals surface area contributed by atoms with Crippen LogP contribution in [0.2, 0.25) is 0 Å². The van der Waals surface area contributed by atoms with Gasteiger partial charge < -0.3 is 15.9 Å². The minimum absolute atomic E-state index is 0.163. The summed E-state index contributed by atoms with van der Waals surface area (Å²) in [4.78, 5) is 10.2. The number of carbonyl (C=O) groups is 1. The van der Waals surface area contributed by atoms with Crippen LogP contribution in [0.1, 0.15) is 13.3 Å². The molecule has 0 radical (unpaired) electrons. The molecule has 4 N–H and O–H groups in total. The predicted octanol–water partition coefficient (Wildman–Crippen LogP) is -0.583. The van der Waals surface area contributed by atoms with Crippen molar-refractivity contribution >= 4 is 5.97 Å². The average Bonchev–Trinajstić information content (AvgIpc) is 1.90. The SMILES string of the molecule is CC[C@H](CO)[C@H](N)C(=O)O. The second kappa shape index (κ2) is 4.24. The summed E-state index contributed by atoms with van der Waals surface area (Å²) in [6, 6.07) is -0.935. The highest BCUT2D eigenvalue weighted by molar-refractivity contribution is 5.73. The van der Waals surface area contributed by atoms with E-state index in [-0.39, 0.29) is 12.5 Å². The van der Waals surface area contributed by atoms with E-state index in [1.807, 2.05) is 0 Å². The predicted molar refractivity (Wildman–Crippen MR) is 36.5 cm³/mol. The van der Waals surface area contributed by atoms with E-state index in [0.29, 0.717) is 6.42 Å². The Hall–Kier alpha value is -0.610. The van der Waals surface area contributed by atoms with Crippen LogP contribution in [-0.4, -0.2) is 28.8 Å². The molecule has 0 fully saturated rings. The van der Waals surface area contributed by atoms with Gasteiger partial charge >= 0.3 is 5.97 Å². The molecule has 0 saturated carbocycles. The summed E-state index contributed by atoms with van der Waals surface area (Å²) in [7, 11) is 0. The molecule has 0 heterocycles. The van der Waals surface area contributed by atoms with Crippen LogP contribution >= 0.6 is 0 Å². The number of aliphatic hydroxyl groups is 1. The fourth-order valence-electron chi connectivity index (χ4n) is 0.698. The highest BCUT2D eigenvalue weighted by Crippen LogP contribution is 2.05. The minimum atomic E-state index is -1.05. The highest BCUT2D eigenvalue weighted by atomic mass is 16.4. The molecule has 10 heavy (non-hydrogen) atoms. The zero-order chi connectivity index (χ0) is 8.15. The van der Waals surface area contributed by atoms with E-state index in [4.69, 9.17) is 15.9 Å². The van der Waals surface area contributed by atoms with Crippen molar-refractivity contribution in [2.45, 2.75) is 19.4 Å². The summed E-state index contributed by atoms with van der Waals surface area (Å²) in [6.07, 6.45) is 0.587. The summed E-state index contributed by atoms with van der Waals surface area (Å²) >= 11 is 0. The van der Waals surface area contributed by atoms with E-state index in [2.05, 4.69) is 0 Å². The van der Waals surface area contributed by atoms with Gasteiger partial charge in [-0.2, -0.15) is 0 Å². The van der Waals surface area contributed by atoms with E-state index < -0.39 is 12.0 Å². The van der Waals surface area contributed by atoms with E-state index in [1.165, 1.54) is 0 Å². The molecule has 0 aromatic rings. The third-order valence-electron chi connectivity index (χ3n) is 1.55. The minimum Gasteiger partial charge on any atom is -0.480 e. The Morgan fingerprint density at radius 1 is 1.70 bits per heavy atom. The molecule has 0 spiro atoms. The van der Waals surface area contributed by atoms with E-state index in [1.54, 1.807) is 6.92 Å². The number of carboxylic acids is 1. The second-order valence-corrected chi connectivity index (χ2v) is 2.21. The molecule has 0 bridgehead atoms. The first-order chi connectivity index (χ1) is 4.63. The van der Waals surface area contributed by atoms with Gasteiger partial charge in [-0.15, -0.1) is 0 Å². The quantitative estimate of drug-likeness (QED) is 0.496. The van der Waals surface area contributed by atoms with Gasteiger partial charge in [-0.3, -0.25) is 4.79 Å². The van der Waals surface area contributed by atoms with Gasteiger partial charge in [0.1, 0.15) is 6.04 Å². The van der Waals surface area contributed by atoms with Crippen molar-refractivity contribution in [3.8, 4) is 0 Å². The maximum atomic E-state index is 10.2. The van der Waals surface area contributed by atoms with E-state index in [0.717, 1.165) is 0 Å². The van der Waals surface area contributed by atoms with Gasteiger partial charge in [0.25, 0.3) is 0 Å². The lowest BCUT2D eigenvalue weighted by molar-refractivity contribution is -0.140. The molecule has 0 aliphatic rings. The van der Waals surface area contributed by atoms with E-state index >= 15 is 0 Å². The monoisotopic (exact) mass is 147 g/mol. The van der Waals surface area contributed by atoms with Crippen LogP contribution in [-0.2, 0) is 4.79 Å². The number of aliphatic carboxylic acids is 1. The van der Waals surface area contributed by atoms with Gasteiger partial charge in [0.2, 0.25) is 0 Å². The average molecular weight is 147 g/mol. The largest absolute Gasteiger partial charge is 0.480 e. The number of nitrogens with two attached hydrogens (primary N) is 1. The first-order valence-electron chi connectivity index (χ1n) is 3.22. The number of carboxylic acid groups (broad SMARTS) is 1. The molecule has 60 valence electrons. The Kier molecular flexibility index (Phi) is 3.99. The summed E-state index contributed by atoms with van der Waals surface area (Å²) < 4.78 is 0. The fourth-order valence-corrected chi connectivity index (χ4v) is 0.698. The standard InChI is InChI=1S/C6H13NO3/c1-2-4(3-8)5(7)6(9)10/h4-5,8H,2-3,7H2,1H3,(H,9,10)/t4-,5+/m1/s1. The molecule has 0 saturated heterocycles. The van der Waals surface area contributed by atoms with Gasteiger partial charge in [-0.1, -0.05) is 6.92 Å².